The first-order valence-corrected chi connectivity index (χ1v) is 5.46. The number of aromatic nitrogens is 2. The molecule has 0 aliphatic carbocycles. The summed E-state index contributed by atoms with van der Waals surface area (Å²) in [7, 11) is 1.41. The molecule has 0 aliphatic heterocycles. The van der Waals surface area contributed by atoms with E-state index in [9.17, 15) is 9.50 Å². The highest BCUT2D eigenvalue weighted by Crippen LogP contribution is 2.22. The SMILES string of the molecule is COc1ccc(CC(O)c2cncnc2)cc1F. The number of hydrogen-bond donors (Lipinski definition) is 1. The lowest BCUT2D eigenvalue weighted by Crippen LogP contribution is -2.03. The van der Waals surface area contributed by atoms with Crippen LogP contribution in [0, 0.1) is 5.82 Å². The minimum atomic E-state index is -0.751. The van der Waals surface area contributed by atoms with Crippen LogP contribution < -0.4 is 4.74 Å². The van der Waals surface area contributed by atoms with Crippen molar-refractivity contribution in [3.63, 3.8) is 0 Å². The second-order valence-electron chi connectivity index (χ2n) is 3.86. The van der Waals surface area contributed by atoms with Crippen molar-refractivity contribution >= 4 is 0 Å². The number of ether oxygens (including phenoxy) is 1. The van der Waals surface area contributed by atoms with Gasteiger partial charge in [0.2, 0.25) is 0 Å². The number of aliphatic hydroxyl groups excluding tert-OH is 1. The third-order valence-electron chi connectivity index (χ3n) is 2.61. The van der Waals surface area contributed by atoms with E-state index < -0.39 is 11.9 Å². The maximum absolute atomic E-state index is 13.5. The molecule has 1 aromatic carbocycles. The molecule has 1 atom stereocenters. The van der Waals surface area contributed by atoms with Gasteiger partial charge in [-0.3, -0.25) is 0 Å². The van der Waals surface area contributed by atoms with Gasteiger partial charge in [-0.25, -0.2) is 14.4 Å². The van der Waals surface area contributed by atoms with Crippen LogP contribution in [-0.2, 0) is 6.42 Å². The van der Waals surface area contributed by atoms with Gasteiger partial charge >= 0.3 is 0 Å². The van der Waals surface area contributed by atoms with Crippen molar-refractivity contribution in [3.05, 3.63) is 53.9 Å². The largest absolute Gasteiger partial charge is 0.494 e. The molecule has 0 radical (unpaired) electrons. The third kappa shape index (κ3) is 2.81. The second-order valence-corrected chi connectivity index (χ2v) is 3.86. The van der Waals surface area contributed by atoms with E-state index in [1.54, 1.807) is 12.1 Å². The minimum absolute atomic E-state index is 0.191. The molecular weight excluding hydrogens is 235 g/mol. The zero-order valence-electron chi connectivity index (χ0n) is 9.88. The van der Waals surface area contributed by atoms with Gasteiger partial charge in [0.1, 0.15) is 6.33 Å². The number of nitrogens with zero attached hydrogens (tertiary/aromatic N) is 2. The molecule has 0 saturated carbocycles. The molecule has 0 amide bonds. The van der Waals surface area contributed by atoms with Crippen molar-refractivity contribution in [2.45, 2.75) is 12.5 Å². The summed E-state index contributed by atoms with van der Waals surface area (Å²) in [5, 5.41) is 9.96. The normalized spacial score (nSPS) is 12.2. The maximum Gasteiger partial charge on any atom is 0.165 e. The lowest BCUT2D eigenvalue weighted by Gasteiger charge is -2.11. The van der Waals surface area contributed by atoms with E-state index in [4.69, 9.17) is 4.74 Å². The second kappa shape index (κ2) is 5.55. The molecule has 5 heteroatoms. The van der Waals surface area contributed by atoms with Gasteiger partial charge in [0.25, 0.3) is 0 Å². The number of benzene rings is 1. The first-order chi connectivity index (χ1) is 8.70. The zero-order valence-corrected chi connectivity index (χ0v) is 9.88. The summed E-state index contributed by atoms with van der Waals surface area (Å²) in [5.74, 6) is -0.247. The molecular formula is C13H13FN2O2. The van der Waals surface area contributed by atoms with E-state index in [-0.39, 0.29) is 5.75 Å². The molecule has 2 aromatic rings. The average Bonchev–Trinajstić information content (AvgIpc) is 2.40. The van der Waals surface area contributed by atoms with Crippen LogP contribution in [0.15, 0.2) is 36.9 Å². The van der Waals surface area contributed by atoms with Gasteiger partial charge in [-0.2, -0.15) is 0 Å². The number of hydrogen-bond acceptors (Lipinski definition) is 4. The Labute approximate surface area is 104 Å². The fourth-order valence-electron chi connectivity index (χ4n) is 1.66. The van der Waals surface area contributed by atoms with E-state index in [0.717, 1.165) is 0 Å². The van der Waals surface area contributed by atoms with Crippen molar-refractivity contribution in [1.82, 2.24) is 9.97 Å². The Morgan fingerprint density at radius 3 is 2.67 bits per heavy atom. The summed E-state index contributed by atoms with van der Waals surface area (Å²) in [6, 6.07) is 4.61. The molecule has 0 saturated heterocycles. The molecule has 18 heavy (non-hydrogen) atoms. The fourth-order valence-corrected chi connectivity index (χ4v) is 1.66. The van der Waals surface area contributed by atoms with Gasteiger partial charge in [-0.05, 0) is 17.7 Å². The number of aliphatic hydroxyl groups is 1. The van der Waals surface area contributed by atoms with Crippen molar-refractivity contribution < 1.29 is 14.2 Å². The minimum Gasteiger partial charge on any atom is -0.494 e. The maximum atomic E-state index is 13.5. The zero-order chi connectivity index (χ0) is 13.0. The number of methoxy groups -OCH3 is 1. The Morgan fingerprint density at radius 2 is 2.06 bits per heavy atom. The van der Waals surface area contributed by atoms with E-state index in [2.05, 4.69) is 9.97 Å². The van der Waals surface area contributed by atoms with Gasteiger partial charge < -0.3 is 9.84 Å². The standard InChI is InChI=1S/C13H13FN2O2/c1-18-13-3-2-9(4-11(13)14)5-12(17)10-6-15-8-16-7-10/h2-4,6-8,12,17H,5H2,1H3. The van der Waals surface area contributed by atoms with E-state index in [0.29, 0.717) is 17.5 Å². The Hall–Kier alpha value is -2.01. The summed E-state index contributed by atoms with van der Waals surface area (Å²) in [5.41, 5.74) is 1.29. The quantitative estimate of drug-likeness (QED) is 0.897. The van der Waals surface area contributed by atoms with Crippen LogP contribution in [0.5, 0.6) is 5.75 Å². The van der Waals surface area contributed by atoms with E-state index in [1.165, 1.54) is 31.9 Å². The summed E-state index contributed by atoms with van der Waals surface area (Å²) >= 11 is 0. The molecule has 4 nitrogen and oxygen atoms in total. The van der Waals surface area contributed by atoms with Crippen LogP contribution in [-0.4, -0.2) is 22.2 Å². The topological polar surface area (TPSA) is 55.2 Å². The molecule has 2 rings (SSSR count). The Kier molecular flexibility index (Phi) is 3.84. The van der Waals surface area contributed by atoms with Crippen LogP contribution in [0.4, 0.5) is 4.39 Å². The van der Waals surface area contributed by atoms with Crippen molar-refractivity contribution in [2.24, 2.45) is 0 Å². The van der Waals surface area contributed by atoms with Gasteiger partial charge in [0, 0.05) is 24.4 Å². The van der Waals surface area contributed by atoms with Crippen molar-refractivity contribution in [1.29, 1.82) is 0 Å². The average molecular weight is 248 g/mol. The van der Waals surface area contributed by atoms with E-state index in [1.807, 2.05) is 0 Å². The molecule has 1 unspecified atom stereocenters. The first-order valence-electron chi connectivity index (χ1n) is 5.46. The highest BCUT2D eigenvalue weighted by atomic mass is 19.1. The van der Waals surface area contributed by atoms with Crippen molar-refractivity contribution in [2.75, 3.05) is 7.11 Å². The molecule has 1 aromatic heterocycles. The Bertz CT molecular complexity index is 520. The van der Waals surface area contributed by atoms with E-state index >= 15 is 0 Å². The van der Waals surface area contributed by atoms with Crippen LogP contribution >= 0.6 is 0 Å². The highest BCUT2D eigenvalue weighted by Gasteiger charge is 2.11. The predicted octanol–water partition coefficient (Wildman–Crippen LogP) is 1.90. The van der Waals surface area contributed by atoms with Gasteiger partial charge in [-0.15, -0.1) is 0 Å². The number of halogens is 1. The van der Waals surface area contributed by atoms with Crippen LogP contribution in [0.2, 0.25) is 0 Å². The van der Waals surface area contributed by atoms with Crippen LogP contribution in [0.1, 0.15) is 17.2 Å². The molecule has 0 aliphatic rings. The van der Waals surface area contributed by atoms with Gasteiger partial charge in [0.15, 0.2) is 11.6 Å². The molecule has 0 bridgehead atoms. The summed E-state index contributed by atoms with van der Waals surface area (Å²) in [6.45, 7) is 0. The Balaban J connectivity index is 2.12. The van der Waals surface area contributed by atoms with Crippen molar-refractivity contribution in [3.8, 4) is 5.75 Å². The summed E-state index contributed by atoms with van der Waals surface area (Å²) < 4.78 is 18.3. The lowest BCUT2D eigenvalue weighted by molar-refractivity contribution is 0.177. The Morgan fingerprint density at radius 1 is 1.33 bits per heavy atom. The van der Waals surface area contributed by atoms with Crippen LogP contribution in [0.25, 0.3) is 0 Å². The molecule has 0 spiro atoms. The molecule has 1 heterocycles. The number of rotatable bonds is 4. The smallest absolute Gasteiger partial charge is 0.165 e. The summed E-state index contributed by atoms with van der Waals surface area (Å²) in [6.07, 6.45) is 4.02. The predicted molar refractivity (Wildman–Crippen MR) is 63.6 cm³/mol. The third-order valence-corrected chi connectivity index (χ3v) is 2.61. The van der Waals surface area contributed by atoms with Gasteiger partial charge in [-0.1, -0.05) is 6.07 Å². The van der Waals surface area contributed by atoms with Gasteiger partial charge in [0.05, 0.1) is 13.2 Å². The highest BCUT2D eigenvalue weighted by molar-refractivity contribution is 5.30. The fraction of sp³-hybridized carbons (Fsp3) is 0.231. The molecule has 1 N–H and O–H groups in total. The lowest BCUT2D eigenvalue weighted by atomic mass is 10.0. The molecule has 0 fully saturated rings. The molecule has 94 valence electrons. The van der Waals surface area contributed by atoms with Crippen LogP contribution in [0.3, 0.4) is 0 Å². The summed E-state index contributed by atoms with van der Waals surface area (Å²) in [4.78, 5) is 7.65. The monoisotopic (exact) mass is 248 g/mol. The first kappa shape index (κ1) is 12.4.